The van der Waals surface area contributed by atoms with Crippen LogP contribution in [0.1, 0.15) is 0 Å². The van der Waals surface area contributed by atoms with E-state index in [9.17, 15) is 13.2 Å². The lowest BCUT2D eigenvalue weighted by Gasteiger charge is -2.07. The van der Waals surface area contributed by atoms with E-state index < -0.39 is 16.0 Å². The van der Waals surface area contributed by atoms with Gasteiger partial charge in [-0.05, 0) is 12.1 Å². The second-order valence-electron chi connectivity index (χ2n) is 2.72. The average Bonchev–Trinajstić information content (AvgIpc) is 2.17. The number of amides is 1. The lowest BCUT2D eigenvalue weighted by atomic mass is 10.3. The molecule has 0 saturated carbocycles. The van der Waals surface area contributed by atoms with Crippen molar-refractivity contribution in [3.8, 4) is 0 Å². The van der Waals surface area contributed by atoms with Crippen LogP contribution >= 0.6 is 0 Å². The molecule has 0 atom stereocenters. The van der Waals surface area contributed by atoms with Crippen molar-refractivity contribution < 1.29 is 17.8 Å². The summed E-state index contributed by atoms with van der Waals surface area (Å²) in [6.45, 7) is -0.264. The van der Waals surface area contributed by atoms with Gasteiger partial charge in [0.25, 0.3) is 10.1 Å². The molecule has 1 rings (SSSR count). The standard InChI is InChI=1S/C8H10N2O4S/c9-5-8(11)10-6-3-1-2-4-7(6)15(12,13)14/h1-4H,5,9H2,(H,10,11)(H,12,13,14). The summed E-state index contributed by atoms with van der Waals surface area (Å²) in [5, 5.41) is 2.26. The van der Waals surface area contributed by atoms with E-state index in [1.807, 2.05) is 0 Å². The van der Waals surface area contributed by atoms with Crippen LogP contribution in [0.4, 0.5) is 5.69 Å². The minimum Gasteiger partial charge on any atom is -0.324 e. The summed E-state index contributed by atoms with van der Waals surface area (Å²) in [5.74, 6) is -0.536. The molecular formula is C8H10N2O4S. The highest BCUT2D eigenvalue weighted by Crippen LogP contribution is 2.19. The molecule has 0 heterocycles. The fourth-order valence-electron chi connectivity index (χ4n) is 0.996. The zero-order valence-electron chi connectivity index (χ0n) is 7.67. The van der Waals surface area contributed by atoms with Gasteiger partial charge in [-0.25, -0.2) is 0 Å². The third-order valence-corrected chi connectivity index (χ3v) is 2.54. The first-order chi connectivity index (χ1) is 6.95. The lowest BCUT2D eigenvalue weighted by molar-refractivity contribution is -0.114. The van der Waals surface area contributed by atoms with Crippen LogP contribution < -0.4 is 11.1 Å². The highest BCUT2D eigenvalue weighted by atomic mass is 32.2. The summed E-state index contributed by atoms with van der Waals surface area (Å²) >= 11 is 0. The van der Waals surface area contributed by atoms with Crippen molar-refractivity contribution in [2.24, 2.45) is 5.73 Å². The molecule has 0 bridgehead atoms. The molecule has 7 heteroatoms. The first-order valence-corrected chi connectivity index (χ1v) is 5.45. The minimum atomic E-state index is -4.34. The number of anilines is 1. The summed E-state index contributed by atoms with van der Waals surface area (Å²) < 4.78 is 30.6. The van der Waals surface area contributed by atoms with E-state index in [0.717, 1.165) is 0 Å². The topological polar surface area (TPSA) is 109 Å². The Morgan fingerprint density at radius 2 is 2.00 bits per heavy atom. The van der Waals surface area contributed by atoms with E-state index in [4.69, 9.17) is 10.3 Å². The van der Waals surface area contributed by atoms with Crippen molar-refractivity contribution in [2.45, 2.75) is 4.90 Å². The van der Waals surface area contributed by atoms with Crippen LogP contribution in [-0.2, 0) is 14.9 Å². The van der Waals surface area contributed by atoms with Gasteiger partial charge in [-0.3, -0.25) is 9.35 Å². The maximum atomic E-state index is 10.9. The Hall–Kier alpha value is -1.44. The monoisotopic (exact) mass is 230 g/mol. The van der Waals surface area contributed by atoms with Crippen molar-refractivity contribution in [1.29, 1.82) is 0 Å². The summed E-state index contributed by atoms with van der Waals surface area (Å²) in [6, 6.07) is 5.50. The summed E-state index contributed by atoms with van der Waals surface area (Å²) in [7, 11) is -4.34. The fourth-order valence-corrected chi connectivity index (χ4v) is 1.64. The Kier molecular flexibility index (Phi) is 3.40. The predicted molar refractivity (Wildman–Crippen MR) is 53.9 cm³/mol. The third kappa shape index (κ3) is 3.01. The van der Waals surface area contributed by atoms with Gasteiger partial charge < -0.3 is 11.1 Å². The fraction of sp³-hybridized carbons (Fsp3) is 0.125. The van der Waals surface area contributed by atoms with Gasteiger partial charge in [-0.15, -0.1) is 0 Å². The molecule has 15 heavy (non-hydrogen) atoms. The molecule has 0 fully saturated rings. The van der Waals surface area contributed by atoms with E-state index in [1.165, 1.54) is 24.3 Å². The normalized spacial score (nSPS) is 11.1. The van der Waals surface area contributed by atoms with Gasteiger partial charge in [0.05, 0.1) is 12.2 Å². The van der Waals surface area contributed by atoms with Gasteiger partial charge in [0, 0.05) is 0 Å². The second kappa shape index (κ2) is 4.39. The quantitative estimate of drug-likeness (QED) is 0.624. The number of rotatable bonds is 3. The van der Waals surface area contributed by atoms with Crippen LogP contribution in [0.15, 0.2) is 29.2 Å². The number of hydrogen-bond acceptors (Lipinski definition) is 4. The zero-order valence-corrected chi connectivity index (χ0v) is 8.49. The molecule has 0 saturated heterocycles. The Balaban J connectivity index is 3.13. The molecule has 1 aromatic rings. The Labute approximate surface area is 86.8 Å². The van der Waals surface area contributed by atoms with Crippen molar-refractivity contribution in [3.05, 3.63) is 24.3 Å². The average molecular weight is 230 g/mol. The number of nitrogens with one attached hydrogen (secondary N) is 1. The third-order valence-electron chi connectivity index (χ3n) is 1.62. The predicted octanol–water partition coefficient (Wildman–Crippen LogP) is -0.170. The largest absolute Gasteiger partial charge is 0.324 e. The minimum absolute atomic E-state index is 0.00968. The van der Waals surface area contributed by atoms with Crippen molar-refractivity contribution >= 4 is 21.7 Å². The molecule has 0 spiro atoms. The summed E-state index contributed by atoms with van der Waals surface area (Å²) in [5.41, 5.74) is 5.06. The Bertz CT molecular complexity index is 469. The SMILES string of the molecule is NCC(=O)Nc1ccccc1S(=O)(=O)O. The molecule has 0 radical (unpaired) electrons. The zero-order chi connectivity index (χ0) is 11.5. The van der Waals surface area contributed by atoms with Crippen LogP contribution in [-0.4, -0.2) is 25.4 Å². The number of para-hydroxylation sites is 1. The van der Waals surface area contributed by atoms with Gasteiger partial charge >= 0.3 is 0 Å². The van der Waals surface area contributed by atoms with E-state index in [0.29, 0.717) is 0 Å². The van der Waals surface area contributed by atoms with Crippen molar-refractivity contribution in [1.82, 2.24) is 0 Å². The molecule has 4 N–H and O–H groups in total. The summed E-state index contributed by atoms with van der Waals surface area (Å²) in [4.78, 5) is 10.6. The first kappa shape index (κ1) is 11.6. The number of hydrogen-bond donors (Lipinski definition) is 3. The molecule has 0 aliphatic heterocycles. The maximum Gasteiger partial charge on any atom is 0.296 e. The van der Waals surface area contributed by atoms with Gasteiger partial charge in [0.1, 0.15) is 4.90 Å². The van der Waals surface area contributed by atoms with E-state index in [1.54, 1.807) is 0 Å². The van der Waals surface area contributed by atoms with E-state index in [-0.39, 0.29) is 17.1 Å². The van der Waals surface area contributed by atoms with Crippen LogP contribution in [0.25, 0.3) is 0 Å². The van der Waals surface area contributed by atoms with Gasteiger partial charge in [-0.2, -0.15) is 8.42 Å². The van der Waals surface area contributed by atoms with Crippen LogP contribution in [0.2, 0.25) is 0 Å². The first-order valence-electron chi connectivity index (χ1n) is 4.01. The van der Waals surface area contributed by atoms with Crippen molar-refractivity contribution in [3.63, 3.8) is 0 Å². The van der Waals surface area contributed by atoms with Crippen LogP contribution in [0, 0.1) is 0 Å². The van der Waals surface area contributed by atoms with Crippen LogP contribution in [0.3, 0.4) is 0 Å². The Morgan fingerprint density at radius 1 is 1.40 bits per heavy atom. The molecule has 6 nitrogen and oxygen atoms in total. The smallest absolute Gasteiger partial charge is 0.296 e. The highest BCUT2D eigenvalue weighted by molar-refractivity contribution is 7.86. The molecule has 0 aliphatic carbocycles. The molecule has 0 unspecified atom stereocenters. The van der Waals surface area contributed by atoms with Crippen LogP contribution in [0.5, 0.6) is 0 Å². The number of carbonyl (C=O) groups is 1. The van der Waals surface area contributed by atoms with Gasteiger partial charge in [0.2, 0.25) is 5.91 Å². The number of nitrogens with two attached hydrogens (primary N) is 1. The number of carbonyl (C=O) groups excluding carboxylic acids is 1. The van der Waals surface area contributed by atoms with E-state index >= 15 is 0 Å². The molecule has 1 amide bonds. The lowest BCUT2D eigenvalue weighted by Crippen LogP contribution is -2.22. The highest BCUT2D eigenvalue weighted by Gasteiger charge is 2.15. The van der Waals surface area contributed by atoms with Crippen molar-refractivity contribution in [2.75, 3.05) is 11.9 Å². The molecule has 82 valence electrons. The van der Waals surface area contributed by atoms with E-state index in [2.05, 4.69) is 5.32 Å². The Morgan fingerprint density at radius 3 is 2.53 bits per heavy atom. The maximum absolute atomic E-state index is 10.9. The molecular weight excluding hydrogens is 220 g/mol. The number of benzene rings is 1. The molecule has 0 aliphatic rings. The molecule has 0 aromatic heterocycles. The van der Waals surface area contributed by atoms with Gasteiger partial charge in [0.15, 0.2) is 0 Å². The second-order valence-corrected chi connectivity index (χ2v) is 4.11. The molecule has 1 aromatic carbocycles. The van der Waals surface area contributed by atoms with Gasteiger partial charge in [-0.1, -0.05) is 12.1 Å². The summed E-state index contributed by atoms with van der Waals surface area (Å²) in [6.07, 6.45) is 0.